The molecule has 3 amide bonds. The number of methoxy groups -OCH3 is 1. The first-order chi connectivity index (χ1) is 12.9. The van der Waals surface area contributed by atoms with Crippen LogP contribution in [0.15, 0.2) is 40.3 Å². The van der Waals surface area contributed by atoms with Crippen molar-refractivity contribution in [1.29, 1.82) is 0 Å². The Balaban J connectivity index is 1.89. The van der Waals surface area contributed by atoms with Gasteiger partial charge in [0.05, 0.1) is 30.7 Å². The number of anilines is 1. The second-order valence-electron chi connectivity index (χ2n) is 5.07. The Labute approximate surface area is 156 Å². The molecular formula is C16H15FN4O5S. The van der Waals surface area contributed by atoms with Crippen LogP contribution in [0.5, 0.6) is 0 Å². The van der Waals surface area contributed by atoms with Gasteiger partial charge >= 0.3 is 12.0 Å². The quantitative estimate of drug-likeness (QED) is 0.379. The largest absolute Gasteiger partial charge is 0.469 e. The summed E-state index contributed by atoms with van der Waals surface area (Å²) in [7, 11) is 1.21. The zero-order valence-electron chi connectivity index (χ0n) is 14.1. The van der Waals surface area contributed by atoms with Gasteiger partial charge < -0.3 is 15.0 Å². The van der Waals surface area contributed by atoms with E-state index in [0.717, 1.165) is 23.9 Å². The van der Waals surface area contributed by atoms with Gasteiger partial charge in [-0.2, -0.15) is 0 Å². The Bertz CT molecular complexity index is 918. The molecule has 0 unspecified atom stereocenters. The lowest BCUT2D eigenvalue weighted by molar-refractivity contribution is -0.139. The van der Waals surface area contributed by atoms with Gasteiger partial charge in [-0.25, -0.2) is 14.2 Å². The minimum absolute atomic E-state index is 0.0723. The molecule has 11 heteroatoms. The maximum absolute atomic E-state index is 13.4. The Hall–Kier alpha value is -3.21. The summed E-state index contributed by atoms with van der Waals surface area (Å²) in [5, 5.41) is 4.33. The predicted molar refractivity (Wildman–Crippen MR) is 94.9 cm³/mol. The van der Waals surface area contributed by atoms with Gasteiger partial charge in [-0.1, -0.05) is 23.9 Å². The van der Waals surface area contributed by atoms with Crippen molar-refractivity contribution in [2.45, 2.75) is 11.6 Å². The van der Waals surface area contributed by atoms with E-state index in [2.05, 4.69) is 20.0 Å². The van der Waals surface area contributed by atoms with Gasteiger partial charge in [0.1, 0.15) is 5.82 Å². The van der Waals surface area contributed by atoms with Crippen molar-refractivity contribution in [3.8, 4) is 0 Å². The molecule has 1 aromatic heterocycles. The highest BCUT2D eigenvalue weighted by atomic mass is 32.2. The number of urea groups is 1. The van der Waals surface area contributed by atoms with E-state index >= 15 is 0 Å². The van der Waals surface area contributed by atoms with Crippen LogP contribution in [0.25, 0.3) is 0 Å². The fourth-order valence-corrected chi connectivity index (χ4v) is 2.57. The van der Waals surface area contributed by atoms with E-state index in [9.17, 15) is 23.6 Å². The highest BCUT2D eigenvalue weighted by molar-refractivity contribution is 7.99. The lowest BCUT2D eigenvalue weighted by Gasteiger charge is -2.07. The molecule has 2 rings (SSSR count). The summed E-state index contributed by atoms with van der Waals surface area (Å²) < 4.78 is 17.9. The third kappa shape index (κ3) is 6.55. The number of H-pyrrole nitrogens is 1. The highest BCUT2D eigenvalue weighted by Crippen LogP contribution is 2.13. The maximum atomic E-state index is 13.4. The molecule has 0 aliphatic rings. The number of aromatic nitrogens is 2. The Morgan fingerprint density at radius 1 is 1.30 bits per heavy atom. The van der Waals surface area contributed by atoms with Gasteiger partial charge in [-0.3, -0.25) is 19.7 Å². The van der Waals surface area contributed by atoms with Crippen molar-refractivity contribution in [2.24, 2.45) is 0 Å². The molecule has 2 aromatic rings. The number of imide groups is 1. The van der Waals surface area contributed by atoms with Gasteiger partial charge in [-0.15, -0.1) is 0 Å². The van der Waals surface area contributed by atoms with Crippen molar-refractivity contribution in [3.05, 3.63) is 52.2 Å². The normalized spacial score (nSPS) is 10.1. The molecule has 142 valence electrons. The first kappa shape index (κ1) is 20.1. The minimum atomic E-state index is -0.897. The zero-order chi connectivity index (χ0) is 19.8. The summed E-state index contributed by atoms with van der Waals surface area (Å²) in [5.41, 5.74) is -0.383. The molecule has 3 N–H and O–H groups in total. The third-order valence-corrected chi connectivity index (χ3v) is 3.91. The lowest BCUT2D eigenvalue weighted by Crippen LogP contribution is -2.35. The first-order valence-electron chi connectivity index (χ1n) is 7.52. The van der Waals surface area contributed by atoms with E-state index < -0.39 is 29.3 Å². The number of hydrogen-bond donors (Lipinski definition) is 3. The number of esters is 1. The molecule has 0 bridgehead atoms. The zero-order valence-corrected chi connectivity index (χ0v) is 14.9. The highest BCUT2D eigenvalue weighted by Gasteiger charge is 2.12. The van der Waals surface area contributed by atoms with E-state index in [1.54, 1.807) is 0 Å². The minimum Gasteiger partial charge on any atom is -0.469 e. The molecular weight excluding hydrogens is 379 g/mol. The molecule has 0 radical (unpaired) electrons. The first-order valence-corrected chi connectivity index (χ1v) is 8.51. The molecule has 0 saturated carbocycles. The van der Waals surface area contributed by atoms with Crippen LogP contribution in [0.3, 0.4) is 0 Å². The monoisotopic (exact) mass is 394 g/mol. The number of para-hydroxylation sites is 1. The molecule has 0 aliphatic carbocycles. The van der Waals surface area contributed by atoms with E-state index in [4.69, 9.17) is 0 Å². The Kier molecular flexibility index (Phi) is 7.06. The van der Waals surface area contributed by atoms with Crippen molar-refractivity contribution in [2.75, 3.05) is 18.2 Å². The molecule has 0 spiro atoms. The van der Waals surface area contributed by atoms with Crippen molar-refractivity contribution in [3.63, 3.8) is 0 Å². The molecule has 1 heterocycles. The number of amides is 3. The average molecular weight is 394 g/mol. The van der Waals surface area contributed by atoms with Crippen molar-refractivity contribution < 1.29 is 23.5 Å². The summed E-state index contributed by atoms with van der Waals surface area (Å²) in [4.78, 5) is 52.8. The second kappa shape index (κ2) is 9.48. The van der Waals surface area contributed by atoms with E-state index in [1.807, 2.05) is 5.32 Å². The number of aromatic amines is 1. The lowest BCUT2D eigenvalue weighted by atomic mass is 10.3. The van der Waals surface area contributed by atoms with Gasteiger partial charge in [0.2, 0.25) is 5.91 Å². The van der Waals surface area contributed by atoms with Gasteiger partial charge in [-0.05, 0) is 12.1 Å². The Morgan fingerprint density at radius 3 is 2.74 bits per heavy atom. The SMILES string of the molecule is COC(=O)Cc1cc(=O)[nH]c(SCC(=O)NC(=O)Nc2ccccc2F)n1. The van der Waals surface area contributed by atoms with Crippen LogP contribution in [-0.2, 0) is 20.7 Å². The molecule has 9 nitrogen and oxygen atoms in total. The number of carbonyl (C=O) groups excluding carboxylic acids is 3. The summed E-state index contributed by atoms with van der Waals surface area (Å²) in [5.74, 6) is -2.13. The van der Waals surface area contributed by atoms with E-state index in [-0.39, 0.29) is 28.7 Å². The smallest absolute Gasteiger partial charge is 0.325 e. The van der Waals surface area contributed by atoms with Gasteiger partial charge in [0, 0.05) is 6.07 Å². The number of halogens is 1. The van der Waals surface area contributed by atoms with Crippen LogP contribution >= 0.6 is 11.8 Å². The van der Waals surface area contributed by atoms with Gasteiger partial charge in [0.15, 0.2) is 5.16 Å². The molecule has 0 saturated heterocycles. The van der Waals surface area contributed by atoms with Crippen LogP contribution in [0, 0.1) is 5.82 Å². The number of nitrogens with one attached hydrogen (secondary N) is 3. The third-order valence-electron chi connectivity index (χ3n) is 3.04. The fourth-order valence-electron chi connectivity index (χ4n) is 1.88. The standard InChI is InChI=1S/C16H15FN4O5S/c1-26-14(24)7-9-6-12(22)21-16(18-9)27-8-13(23)20-15(25)19-11-5-3-2-4-10(11)17/h2-6H,7-8H2,1H3,(H,18,21,22)(H2,19,20,23,25). The summed E-state index contributed by atoms with van der Waals surface area (Å²) in [6.07, 6.45) is -0.189. The van der Waals surface area contributed by atoms with Crippen molar-refractivity contribution in [1.82, 2.24) is 15.3 Å². The summed E-state index contributed by atoms with van der Waals surface area (Å²) in [6, 6.07) is 5.74. The average Bonchev–Trinajstić information content (AvgIpc) is 2.61. The number of benzene rings is 1. The van der Waals surface area contributed by atoms with Crippen LogP contribution in [0.1, 0.15) is 5.69 Å². The van der Waals surface area contributed by atoms with E-state index in [1.165, 1.54) is 25.3 Å². The van der Waals surface area contributed by atoms with Crippen LogP contribution < -0.4 is 16.2 Å². The molecule has 0 aliphatic heterocycles. The maximum Gasteiger partial charge on any atom is 0.325 e. The Morgan fingerprint density at radius 2 is 2.04 bits per heavy atom. The predicted octanol–water partition coefficient (Wildman–Crippen LogP) is 1.06. The van der Waals surface area contributed by atoms with Gasteiger partial charge in [0.25, 0.3) is 5.56 Å². The number of hydrogen-bond acceptors (Lipinski definition) is 7. The number of nitrogens with zero attached hydrogens (tertiary/aromatic N) is 1. The summed E-state index contributed by atoms with van der Waals surface area (Å²) in [6.45, 7) is 0. The molecule has 27 heavy (non-hydrogen) atoms. The van der Waals surface area contributed by atoms with E-state index in [0.29, 0.717) is 0 Å². The summed E-state index contributed by atoms with van der Waals surface area (Å²) >= 11 is 0.858. The fraction of sp³-hybridized carbons (Fsp3) is 0.188. The number of carbonyl (C=O) groups is 3. The topological polar surface area (TPSA) is 130 Å². The molecule has 0 fully saturated rings. The van der Waals surface area contributed by atoms with Crippen LogP contribution in [0.4, 0.5) is 14.9 Å². The number of rotatable bonds is 6. The molecule has 0 atom stereocenters. The van der Waals surface area contributed by atoms with Crippen LogP contribution in [-0.4, -0.2) is 40.7 Å². The van der Waals surface area contributed by atoms with Crippen molar-refractivity contribution >= 4 is 35.4 Å². The van der Waals surface area contributed by atoms with Crippen LogP contribution in [0.2, 0.25) is 0 Å². The number of ether oxygens (including phenoxy) is 1. The molecule has 1 aromatic carbocycles. The second-order valence-corrected chi connectivity index (χ2v) is 6.03. The number of thioether (sulfide) groups is 1.